The Morgan fingerprint density at radius 3 is 2.95 bits per heavy atom. The minimum Gasteiger partial charge on any atom is -0.338 e. The number of halogens is 1. The number of hydrogen-bond acceptors (Lipinski definition) is 6. The van der Waals surface area contributed by atoms with Crippen LogP contribution < -0.4 is 16.0 Å². The van der Waals surface area contributed by atoms with Gasteiger partial charge in [0.2, 0.25) is 5.95 Å². The highest BCUT2D eigenvalue weighted by atomic mass is 35.5. The lowest BCUT2D eigenvalue weighted by atomic mass is 10.2. The molecule has 1 amide bonds. The number of carbonyl (C=O) groups is 1. The van der Waals surface area contributed by atoms with Gasteiger partial charge in [-0.05, 0) is 18.2 Å². The molecule has 20 heavy (non-hydrogen) atoms. The Morgan fingerprint density at radius 2 is 2.15 bits per heavy atom. The van der Waals surface area contributed by atoms with Crippen LogP contribution in [0, 0.1) is 11.5 Å². The van der Waals surface area contributed by atoms with Crippen LogP contribution in [-0.2, 0) is 0 Å². The lowest BCUT2D eigenvalue weighted by molar-refractivity contribution is 0.102. The minimum absolute atomic E-state index is 0.108. The van der Waals surface area contributed by atoms with E-state index in [9.17, 15) is 4.79 Å². The zero-order chi connectivity index (χ0) is 14.1. The van der Waals surface area contributed by atoms with Crippen molar-refractivity contribution in [3.63, 3.8) is 0 Å². The summed E-state index contributed by atoms with van der Waals surface area (Å²) in [7, 11) is 0. The Kier molecular flexibility index (Phi) is 2.85. The molecule has 0 aliphatic carbocycles. The Balaban J connectivity index is 2.11. The fourth-order valence-electron chi connectivity index (χ4n) is 1.80. The van der Waals surface area contributed by atoms with E-state index >= 15 is 0 Å². The SMILES string of the molecule is N#CNc1ncc2c(n1)Nc1cc(Cl)ccc1NC2=O. The average Bonchev–Trinajstić information content (AvgIpc) is 2.55. The first-order valence-corrected chi connectivity index (χ1v) is 5.95. The number of benzene rings is 1. The second kappa shape index (κ2) is 4.68. The highest BCUT2D eigenvalue weighted by Gasteiger charge is 2.21. The standard InChI is InChI=1S/C12H7ClN6O/c13-6-1-2-8-9(3-6)17-10-7(11(20)18-8)4-15-12(19-10)16-5-14/h1-4H,(H,18,20)(H2,15,16,17,19). The predicted molar refractivity (Wildman–Crippen MR) is 74.0 cm³/mol. The van der Waals surface area contributed by atoms with Crippen LogP contribution in [0.15, 0.2) is 24.4 Å². The molecule has 7 nitrogen and oxygen atoms in total. The van der Waals surface area contributed by atoms with Gasteiger partial charge in [0.15, 0.2) is 6.19 Å². The molecule has 0 spiro atoms. The largest absolute Gasteiger partial charge is 0.338 e. The summed E-state index contributed by atoms with van der Waals surface area (Å²) in [4.78, 5) is 20.0. The topological polar surface area (TPSA) is 103 Å². The summed E-state index contributed by atoms with van der Waals surface area (Å²) in [6.45, 7) is 0. The molecule has 0 fully saturated rings. The van der Waals surface area contributed by atoms with Crippen LogP contribution in [0.2, 0.25) is 5.02 Å². The maximum atomic E-state index is 12.1. The van der Waals surface area contributed by atoms with Crippen molar-refractivity contribution in [3.05, 3.63) is 35.0 Å². The number of carbonyl (C=O) groups excluding carboxylic acids is 1. The van der Waals surface area contributed by atoms with Crippen LogP contribution in [-0.4, -0.2) is 15.9 Å². The van der Waals surface area contributed by atoms with Gasteiger partial charge in [0.05, 0.1) is 11.4 Å². The van der Waals surface area contributed by atoms with Gasteiger partial charge in [-0.2, -0.15) is 10.2 Å². The number of anilines is 4. The van der Waals surface area contributed by atoms with Gasteiger partial charge in [-0.3, -0.25) is 10.1 Å². The van der Waals surface area contributed by atoms with E-state index in [2.05, 4.69) is 25.9 Å². The van der Waals surface area contributed by atoms with Gasteiger partial charge in [-0.25, -0.2) is 4.98 Å². The van der Waals surface area contributed by atoms with Crippen molar-refractivity contribution >= 4 is 40.6 Å². The van der Waals surface area contributed by atoms with E-state index in [1.165, 1.54) is 6.20 Å². The van der Waals surface area contributed by atoms with Crippen molar-refractivity contribution in [1.29, 1.82) is 5.26 Å². The molecule has 0 unspecified atom stereocenters. The van der Waals surface area contributed by atoms with Crippen LogP contribution in [0.4, 0.5) is 23.1 Å². The summed E-state index contributed by atoms with van der Waals surface area (Å²) in [6, 6.07) is 5.04. The number of nitrogens with one attached hydrogen (secondary N) is 3. The fraction of sp³-hybridized carbons (Fsp3) is 0. The molecular weight excluding hydrogens is 280 g/mol. The highest BCUT2D eigenvalue weighted by Crippen LogP contribution is 2.32. The highest BCUT2D eigenvalue weighted by molar-refractivity contribution is 6.31. The lowest BCUT2D eigenvalue weighted by Gasteiger charge is -2.08. The number of hydrogen-bond donors (Lipinski definition) is 3. The van der Waals surface area contributed by atoms with Crippen LogP contribution in [0.1, 0.15) is 10.4 Å². The van der Waals surface area contributed by atoms with E-state index < -0.39 is 0 Å². The van der Waals surface area contributed by atoms with Crippen molar-refractivity contribution in [2.24, 2.45) is 0 Å². The number of nitrogens with zero attached hydrogens (tertiary/aromatic N) is 3. The Labute approximate surface area is 118 Å². The molecule has 0 saturated heterocycles. The van der Waals surface area contributed by atoms with Crippen LogP contribution in [0.25, 0.3) is 0 Å². The van der Waals surface area contributed by atoms with Crippen molar-refractivity contribution in [3.8, 4) is 6.19 Å². The number of rotatable bonds is 1. The minimum atomic E-state index is -0.336. The number of fused-ring (bicyclic) bond motifs is 2. The molecule has 0 radical (unpaired) electrons. The van der Waals surface area contributed by atoms with Gasteiger partial charge in [0.1, 0.15) is 11.4 Å². The zero-order valence-electron chi connectivity index (χ0n) is 9.94. The van der Waals surface area contributed by atoms with Gasteiger partial charge < -0.3 is 10.6 Å². The van der Waals surface area contributed by atoms with E-state index in [4.69, 9.17) is 16.9 Å². The zero-order valence-corrected chi connectivity index (χ0v) is 10.7. The molecule has 0 atom stereocenters. The van der Waals surface area contributed by atoms with E-state index in [0.717, 1.165) is 0 Å². The molecule has 98 valence electrons. The van der Waals surface area contributed by atoms with Crippen molar-refractivity contribution in [1.82, 2.24) is 9.97 Å². The molecular formula is C12H7ClN6O. The number of nitriles is 1. The van der Waals surface area contributed by atoms with Gasteiger partial charge in [-0.15, -0.1) is 0 Å². The number of aromatic nitrogens is 2. The molecule has 1 aromatic heterocycles. The summed E-state index contributed by atoms with van der Waals surface area (Å²) in [5.41, 5.74) is 1.49. The Morgan fingerprint density at radius 1 is 1.30 bits per heavy atom. The third kappa shape index (κ3) is 2.08. The van der Waals surface area contributed by atoms with E-state index in [1.807, 2.05) is 0 Å². The Hall–Kier alpha value is -2.85. The average molecular weight is 287 g/mol. The molecule has 3 rings (SSSR count). The van der Waals surface area contributed by atoms with Gasteiger partial charge in [0, 0.05) is 11.2 Å². The summed E-state index contributed by atoms with van der Waals surface area (Å²) in [5, 5.41) is 17.1. The maximum absolute atomic E-state index is 12.1. The van der Waals surface area contributed by atoms with Crippen molar-refractivity contribution in [2.75, 3.05) is 16.0 Å². The summed E-state index contributed by atoms with van der Waals surface area (Å²) in [6.07, 6.45) is 3.07. The van der Waals surface area contributed by atoms with Crippen LogP contribution in [0.3, 0.4) is 0 Å². The molecule has 3 N–H and O–H groups in total. The fourth-order valence-corrected chi connectivity index (χ4v) is 1.97. The molecule has 1 aromatic carbocycles. The third-order valence-electron chi connectivity index (χ3n) is 2.68. The predicted octanol–water partition coefficient (Wildman–Crippen LogP) is 2.33. The molecule has 0 saturated carbocycles. The summed E-state index contributed by atoms with van der Waals surface area (Å²) >= 11 is 5.93. The molecule has 1 aliphatic heterocycles. The van der Waals surface area contributed by atoms with Gasteiger partial charge >= 0.3 is 0 Å². The van der Waals surface area contributed by atoms with Crippen molar-refractivity contribution < 1.29 is 4.79 Å². The second-order valence-corrected chi connectivity index (χ2v) is 4.40. The Bertz CT molecular complexity index is 754. The van der Waals surface area contributed by atoms with Crippen LogP contribution >= 0.6 is 11.6 Å². The van der Waals surface area contributed by atoms with Crippen molar-refractivity contribution in [2.45, 2.75) is 0 Å². The first kappa shape index (κ1) is 12.2. The van der Waals surface area contributed by atoms with Gasteiger partial charge in [-0.1, -0.05) is 11.6 Å². The maximum Gasteiger partial charge on any atom is 0.261 e. The second-order valence-electron chi connectivity index (χ2n) is 3.96. The smallest absolute Gasteiger partial charge is 0.261 e. The van der Waals surface area contributed by atoms with E-state index in [-0.39, 0.29) is 17.4 Å². The summed E-state index contributed by atoms with van der Waals surface area (Å²) < 4.78 is 0. The van der Waals surface area contributed by atoms with E-state index in [1.54, 1.807) is 24.4 Å². The first-order valence-electron chi connectivity index (χ1n) is 5.57. The molecule has 2 aromatic rings. The molecule has 1 aliphatic rings. The number of amides is 1. The first-order chi connectivity index (χ1) is 9.67. The normalized spacial score (nSPS) is 12.1. The summed E-state index contributed by atoms with van der Waals surface area (Å²) in [5.74, 6) is 0.0744. The lowest BCUT2D eigenvalue weighted by Crippen LogP contribution is -2.12. The molecule has 0 bridgehead atoms. The molecule has 2 heterocycles. The van der Waals surface area contributed by atoms with Crippen LogP contribution in [0.5, 0.6) is 0 Å². The quantitative estimate of drug-likeness (QED) is 0.549. The van der Waals surface area contributed by atoms with Gasteiger partial charge in [0.25, 0.3) is 5.91 Å². The monoisotopic (exact) mass is 286 g/mol. The molecule has 8 heteroatoms. The van der Waals surface area contributed by atoms with E-state index in [0.29, 0.717) is 22.2 Å². The third-order valence-corrected chi connectivity index (χ3v) is 2.92.